The van der Waals surface area contributed by atoms with E-state index in [0.717, 1.165) is 50.4 Å². The van der Waals surface area contributed by atoms with Crippen LogP contribution in [0, 0.1) is 25.6 Å². The first-order valence-electron chi connectivity index (χ1n) is 9.32. The molecule has 3 rings (SSSR count). The molecule has 1 saturated heterocycles. The summed E-state index contributed by atoms with van der Waals surface area (Å²) in [5, 5.41) is 7.68. The van der Waals surface area contributed by atoms with Crippen molar-refractivity contribution in [1.29, 1.82) is 0 Å². The van der Waals surface area contributed by atoms with Crippen LogP contribution < -0.4 is 5.32 Å². The summed E-state index contributed by atoms with van der Waals surface area (Å²) in [6.07, 6.45) is 1.98. The van der Waals surface area contributed by atoms with Crippen molar-refractivity contribution >= 4 is 18.3 Å². The lowest BCUT2D eigenvalue weighted by Gasteiger charge is -2.32. The number of rotatable bonds is 5. The molecule has 0 unspecified atom stereocenters. The van der Waals surface area contributed by atoms with E-state index < -0.39 is 5.82 Å². The van der Waals surface area contributed by atoms with Crippen LogP contribution in [0.3, 0.4) is 0 Å². The topological polar surface area (TPSA) is 50.2 Å². The minimum absolute atomic E-state index is 0. The third kappa shape index (κ3) is 4.87. The Morgan fingerprint density at radius 1 is 1.26 bits per heavy atom. The van der Waals surface area contributed by atoms with Gasteiger partial charge < -0.3 is 10.2 Å². The van der Waals surface area contributed by atoms with Gasteiger partial charge in [-0.15, -0.1) is 12.4 Å². The summed E-state index contributed by atoms with van der Waals surface area (Å²) in [6, 6.07) is 6.57. The van der Waals surface area contributed by atoms with Crippen LogP contribution in [0.4, 0.5) is 4.39 Å². The Labute approximate surface area is 166 Å². The highest BCUT2D eigenvalue weighted by atomic mass is 35.5. The molecule has 1 aromatic carbocycles. The summed E-state index contributed by atoms with van der Waals surface area (Å²) >= 11 is 0. The van der Waals surface area contributed by atoms with Gasteiger partial charge in [-0.1, -0.05) is 6.92 Å². The second kappa shape index (κ2) is 9.33. The van der Waals surface area contributed by atoms with Crippen LogP contribution in [-0.4, -0.2) is 46.8 Å². The number of hydrogen-bond acceptors (Lipinski definition) is 3. The van der Waals surface area contributed by atoms with Crippen molar-refractivity contribution < 1.29 is 9.18 Å². The minimum atomic E-state index is -0.427. The Kier molecular flexibility index (Phi) is 7.39. The molecule has 1 amide bonds. The number of nitrogens with zero attached hydrogens (tertiary/aromatic N) is 3. The highest BCUT2D eigenvalue weighted by Gasteiger charge is 2.24. The van der Waals surface area contributed by atoms with Crippen molar-refractivity contribution in [2.45, 2.75) is 33.6 Å². The van der Waals surface area contributed by atoms with Crippen LogP contribution in [0.25, 0.3) is 5.69 Å². The van der Waals surface area contributed by atoms with Gasteiger partial charge in [-0.2, -0.15) is 5.10 Å². The van der Waals surface area contributed by atoms with Crippen molar-refractivity contribution in [1.82, 2.24) is 20.0 Å². The molecule has 5 nitrogen and oxygen atoms in total. The van der Waals surface area contributed by atoms with Gasteiger partial charge in [0.2, 0.25) is 0 Å². The minimum Gasteiger partial charge on any atom is -0.339 e. The molecule has 1 aliphatic rings. The summed E-state index contributed by atoms with van der Waals surface area (Å²) in [6.45, 7) is 9.30. The van der Waals surface area contributed by atoms with Crippen molar-refractivity contribution in [2.75, 3.05) is 26.2 Å². The summed E-state index contributed by atoms with van der Waals surface area (Å²) in [7, 11) is 0. The SMILES string of the molecule is CCNCC1CCN(C(=O)c2ccc(-n3nc(C)cc3C)c(F)c2)CC1.Cl. The van der Waals surface area contributed by atoms with Gasteiger partial charge in [0.05, 0.1) is 5.69 Å². The molecule has 0 radical (unpaired) electrons. The first-order chi connectivity index (χ1) is 12.5. The lowest BCUT2D eigenvalue weighted by molar-refractivity contribution is 0.0690. The maximum Gasteiger partial charge on any atom is 0.253 e. The molecule has 0 aliphatic carbocycles. The summed E-state index contributed by atoms with van der Waals surface area (Å²) < 4.78 is 16.2. The number of hydrogen-bond donors (Lipinski definition) is 1. The number of carbonyl (C=O) groups excluding carboxylic acids is 1. The molecule has 0 spiro atoms. The van der Waals surface area contributed by atoms with Crippen molar-refractivity contribution in [3.05, 3.63) is 47.0 Å². The predicted octanol–water partition coefficient (Wildman–Crippen LogP) is 3.51. The Bertz CT molecular complexity index is 784. The fourth-order valence-corrected chi connectivity index (χ4v) is 3.56. The molecule has 0 bridgehead atoms. The lowest BCUT2D eigenvalue weighted by atomic mass is 9.96. The number of aryl methyl sites for hydroxylation is 2. The molecule has 2 aromatic rings. The Hall–Kier alpha value is -1.92. The molecule has 2 heterocycles. The number of amides is 1. The zero-order chi connectivity index (χ0) is 18.7. The van der Waals surface area contributed by atoms with E-state index in [4.69, 9.17) is 0 Å². The van der Waals surface area contributed by atoms with Crippen LogP contribution in [0.5, 0.6) is 0 Å². The van der Waals surface area contributed by atoms with Gasteiger partial charge in [0.25, 0.3) is 5.91 Å². The molecule has 1 N–H and O–H groups in total. The standard InChI is InChI=1S/C20H27FN4O.ClH/c1-4-22-13-16-7-9-24(10-8-16)20(26)17-5-6-19(18(21)12-17)25-15(3)11-14(2)23-25;/h5-6,11-12,16,22H,4,7-10,13H2,1-3H3;1H. The van der Waals surface area contributed by atoms with Gasteiger partial charge >= 0.3 is 0 Å². The average Bonchev–Trinajstić information content (AvgIpc) is 2.97. The highest BCUT2D eigenvalue weighted by Crippen LogP contribution is 2.21. The molecule has 0 atom stereocenters. The van der Waals surface area contributed by atoms with Crippen molar-refractivity contribution in [2.24, 2.45) is 5.92 Å². The first-order valence-corrected chi connectivity index (χ1v) is 9.32. The molecular weight excluding hydrogens is 367 g/mol. The molecule has 148 valence electrons. The normalized spacial score (nSPS) is 14.9. The largest absolute Gasteiger partial charge is 0.339 e. The number of nitrogens with one attached hydrogen (secondary N) is 1. The molecule has 1 aromatic heterocycles. The first kappa shape index (κ1) is 21.4. The zero-order valence-corrected chi connectivity index (χ0v) is 17.0. The maximum atomic E-state index is 14.6. The van der Waals surface area contributed by atoms with Gasteiger partial charge in [-0.25, -0.2) is 9.07 Å². The second-order valence-corrected chi connectivity index (χ2v) is 7.05. The van der Waals surface area contributed by atoms with E-state index in [0.29, 0.717) is 17.2 Å². The van der Waals surface area contributed by atoms with Crippen LogP contribution >= 0.6 is 12.4 Å². The van der Waals surface area contributed by atoms with Crippen LogP contribution in [0.1, 0.15) is 41.5 Å². The maximum absolute atomic E-state index is 14.6. The van der Waals surface area contributed by atoms with E-state index >= 15 is 0 Å². The molecule has 1 fully saturated rings. The zero-order valence-electron chi connectivity index (χ0n) is 16.2. The number of halogens is 2. The van der Waals surface area contributed by atoms with Gasteiger partial charge in [0, 0.05) is 24.3 Å². The van der Waals surface area contributed by atoms with Gasteiger partial charge in [0.15, 0.2) is 0 Å². The van der Waals surface area contributed by atoms with Crippen molar-refractivity contribution in [3.8, 4) is 5.69 Å². The average molecular weight is 395 g/mol. The summed E-state index contributed by atoms with van der Waals surface area (Å²) in [5.41, 5.74) is 2.47. The summed E-state index contributed by atoms with van der Waals surface area (Å²) in [5.74, 6) is 0.0962. The lowest BCUT2D eigenvalue weighted by Crippen LogP contribution is -2.40. The van der Waals surface area contributed by atoms with E-state index in [1.54, 1.807) is 16.8 Å². The molecular formula is C20H28ClFN4O. The van der Waals surface area contributed by atoms with Crippen molar-refractivity contribution in [3.63, 3.8) is 0 Å². The second-order valence-electron chi connectivity index (χ2n) is 7.05. The fourth-order valence-electron chi connectivity index (χ4n) is 3.56. The highest BCUT2D eigenvalue weighted by molar-refractivity contribution is 5.94. The fraction of sp³-hybridized carbons (Fsp3) is 0.500. The van der Waals surface area contributed by atoms with Crippen LogP contribution in [0.15, 0.2) is 24.3 Å². The van der Waals surface area contributed by atoms with Gasteiger partial charge in [-0.3, -0.25) is 4.79 Å². The quantitative estimate of drug-likeness (QED) is 0.844. The third-order valence-electron chi connectivity index (χ3n) is 5.02. The van der Waals surface area contributed by atoms with Gasteiger partial charge in [0.1, 0.15) is 11.5 Å². The Balaban J connectivity index is 0.00000261. The number of piperidine rings is 1. The third-order valence-corrected chi connectivity index (χ3v) is 5.02. The number of carbonyl (C=O) groups is 1. The van der Waals surface area contributed by atoms with Gasteiger partial charge in [-0.05, 0) is 70.0 Å². The van der Waals surface area contributed by atoms with E-state index in [-0.39, 0.29) is 18.3 Å². The van der Waals surface area contributed by atoms with Crippen LogP contribution in [-0.2, 0) is 0 Å². The Morgan fingerprint density at radius 3 is 2.52 bits per heavy atom. The Morgan fingerprint density at radius 2 is 1.96 bits per heavy atom. The smallest absolute Gasteiger partial charge is 0.253 e. The monoisotopic (exact) mass is 394 g/mol. The molecule has 1 aliphatic heterocycles. The van der Waals surface area contributed by atoms with Crippen LogP contribution in [0.2, 0.25) is 0 Å². The predicted molar refractivity (Wildman–Crippen MR) is 107 cm³/mol. The molecule has 0 saturated carbocycles. The summed E-state index contributed by atoms with van der Waals surface area (Å²) in [4.78, 5) is 14.5. The number of likely N-dealkylation sites (tertiary alicyclic amines) is 1. The number of aromatic nitrogens is 2. The number of benzene rings is 1. The van der Waals surface area contributed by atoms with E-state index in [2.05, 4.69) is 17.3 Å². The molecule has 7 heteroatoms. The van der Waals surface area contributed by atoms with E-state index in [1.807, 2.05) is 24.8 Å². The molecule has 27 heavy (non-hydrogen) atoms. The van der Waals surface area contributed by atoms with E-state index in [9.17, 15) is 9.18 Å². The van der Waals surface area contributed by atoms with E-state index in [1.165, 1.54) is 6.07 Å².